The zero-order chi connectivity index (χ0) is 16.2. The maximum absolute atomic E-state index is 12.2. The molecule has 23 heavy (non-hydrogen) atoms. The number of fused-ring (bicyclic) bond motifs is 1. The highest BCUT2D eigenvalue weighted by molar-refractivity contribution is 6.06. The first-order valence-electron chi connectivity index (χ1n) is 7.44. The van der Waals surface area contributed by atoms with Crippen molar-refractivity contribution in [1.29, 1.82) is 0 Å². The average Bonchev–Trinajstić information content (AvgIpc) is 2.59. The van der Waals surface area contributed by atoms with Crippen LogP contribution in [0.1, 0.15) is 21.5 Å². The van der Waals surface area contributed by atoms with Gasteiger partial charge in [-0.3, -0.25) is 4.79 Å². The van der Waals surface area contributed by atoms with E-state index in [4.69, 9.17) is 14.2 Å². The van der Waals surface area contributed by atoms with Gasteiger partial charge in [0.2, 0.25) is 5.75 Å². The van der Waals surface area contributed by atoms with Crippen molar-refractivity contribution in [2.45, 2.75) is 6.92 Å². The van der Waals surface area contributed by atoms with Crippen molar-refractivity contribution >= 4 is 11.9 Å². The molecule has 0 atom stereocenters. The fraction of sp³-hybridized carbons (Fsp3) is 0.211. The Balaban J connectivity index is 1.84. The summed E-state index contributed by atoms with van der Waals surface area (Å²) in [6.45, 7) is 3.00. The molecule has 0 spiro atoms. The molecule has 3 rings (SSSR count). The number of ether oxygens (including phenoxy) is 3. The van der Waals surface area contributed by atoms with Crippen LogP contribution in [0.25, 0.3) is 6.08 Å². The summed E-state index contributed by atoms with van der Waals surface area (Å²) in [6.07, 6.45) is 3.30. The maximum Gasteiger partial charge on any atom is 0.203 e. The maximum atomic E-state index is 12.2. The predicted molar refractivity (Wildman–Crippen MR) is 88.5 cm³/mol. The van der Waals surface area contributed by atoms with Gasteiger partial charge in [-0.05, 0) is 30.7 Å². The van der Waals surface area contributed by atoms with Crippen LogP contribution in [0.2, 0.25) is 0 Å². The molecule has 0 saturated carbocycles. The summed E-state index contributed by atoms with van der Waals surface area (Å²) in [7, 11) is 1.58. The van der Waals surface area contributed by atoms with Crippen LogP contribution in [0.4, 0.5) is 0 Å². The molecule has 1 heterocycles. The number of benzene rings is 2. The molecule has 0 bridgehead atoms. The Morgan fingerprint density at radius 2 is 1.87 bits per heavy atom. The molecule has 0 aromatic heterocycles. The Morgan fingerprint density at radius 3 is 2.61 bits per heavy atom. The lowest BCUT2D eigenvalue weighted by Gasteiger charge is -2.20. The molecule has 118 valence electrons. The zero-order valence-corrected chi connectivity index (χ0v) is 13.2. The van der Waals surface area contributed by atoms with Gasteiger partial charge < -0.3 is 14.2 Å². The molecule has 0 aliphatic carbocycles. The number of allylic oxidation sites excluding steroid dienone is 1. The SMILES string of the molecule is COc1cc(/C=C/C(=O)c2ccc(C)cc2)cc2c1OCCO2. The van der Waals surface area contributed by atoms with E-state index in [9.17, 15) is 4.79 Å². The van der Waals surface area contributed by atoms with Gasteiger partial charge in [-0.15, -0.1) is 0 Å². The monoisotopic (exact) mass is 310 g/mol. The van der Waals surface area contributed by atoms with Crippen LogP contribution in [-0.2, 0) is 0 Å². The van der Waals surface area contributed by atoms with Gasteiger partial charge in [0, 0.05) is 5.56 Å². The summed E-state index contributed by atoms with van der Waals surface area (Å²) in [5.41, 5.74) is 2.62. The normalized spacial score (nSPS) is 13.1. The van der Waals surface area contributed by atoms with E-state index < -0.39 is 0 Å². The fourth-order valence-corrected chi connectivity index (χ4v) is 2.38. The van der Waals surface area contributed by atoms with Crippen LogP contribution in [0.5, 0.6) is 17.2 Å². The van der Waals surface area contributed by atoms with Crippen molar-refractivity contribution in [3.05, 3.63) is 59.2 Å². The summed E-state index contributed by atoms with van der Waals surface area (Å²) in [6, 6.07) is 11.2. The van der Waals surface area contributed by atoms with Crippen molar-refractivity contribution in [2.75, 3.05) is 20.3 Å². The van der Waals surface area contributed by atoms with Gasteiger partial charge in [0.15, 0.2) is 17.3 Å². The minimum Gasteiger partial charge on any atom is -0.493 e. The van der Waals surface area contributed by atoms with E-state index in [0.717, 1.165) is 11.1 Å². The lowest BCUT2D eigenvalue weighted by molar-refractivity contribution is 0.104. The van der Waals surface area contributed by atoms with E-state index in [2.05, 4.69) is 0 Å². The number of carbonyl (C=O) groups excluding carboxylic acids is 1. The molecule has 4 heteroatoms. The van der Waals surface area contributed by atoms with Crippen molar-refractivity contribution in [1.82, 2.24) is 0 Å². The van der Waals surface area contributed by atoms with E-state index in [-0.39, 0.29) is 5.78 Å². The predicted octanol–water partition coefficient (Wildman–Crippen LogP) is 3.67. The average molecular weight is 310 g/mol. The standard InChI is InChI=1S/C19H18O4/c1-13-3-6-15(7-4-13)16(20)8-5-14-11-17(21-2)19-18(12-14)22-9-10-23-19/h3-8,11-12H,9-10H2,1-2H3/b8-5+. The molecule has 0 N–H and O–H groups in total. The molecule has 2 aromatic rings. The molecule has 1 aliphatic heterocycles. The molecular weight excluding hydrogens is 292 g/mol. The zero-order valence-electron chi connectivity index (χ0n) is 13.2. The van der Waals surface area contributed by atoms with E-state index in [1.165, 1.54) is 0 Å². The Labute approximate surface area is 135 Å². The second kappa shape index (κ2) is 6.57. The quantitative estimate of drug-likeness (QED) is 0.638. The molecule has 4 nitrogen and oxygen atoms in total. The van der Waals surface area contributed by atoms with Crippen molar-refractivity contribution in [3.63, 3.8) is 0 Å². The van der Waals surface area contributed by atoms with Crippen LogP contribution in [-0.4, -0.2) is 26.1 Å². The second-order valence-corrected chi connectivity index (χ2v) is 5.31. The van der Waals surface area contributed by atoms with Crippen LogP contribution < -0.4 is 14.2 Å². The van der Waals surface area contributed by atoms with Gasteiger partial charge in [-0.1, -0.05) is 35.9 Å². The Morgan fingerprint density at radius 1 is 1.13 bits per heavy atom. The number of rotatable bonds is 4. The first-order valence-corrected chi connectivity index (χ1v) is 7.44. The largest absolute Gasteiger partial charge is 0.493 e. The Bertz CT molecular complexity index is 727. The Hall–Kier alpha value is -2.75. The molecule has 1 aliphatic rings. The van der Waals surface area contributed by atoms with E-state index in [0.29, 0.717) is 36.0 Å². The van der Waals surface area contributed by atoms with Crippen LogP contribution in [0, 0.1) is 6.92 Å². The summed E-state index contributed by atoms with van der Waals surface area (Å²) < 4.78 is 16.5. The number of aryl methyl sites for hydroxylation is 1. The summed E-state index contributed by atoms with van der Waals surface area (Å²) in [4.78, 5) is 12.2. The molecule has 0 radical (unpaired) electrons. The van der Waals surface area contributed by atoms with Gasteiger partial charge in [-0.2, -0.15) is 0 Å². The van der Waals surface area contributed by atoms with E-state index >= 15 is 0 Å². The van der Waals surface area contributed by atoms with Crippen molar-refractivity contribution < 1.29 is 19.0 Å². The molecule has 0 amide bonds. The molecular formula is C19H18O4. The molecule has 2 aromatic carbocycles. The van der Waals surface area contributed by atoms with Gasteiger partial charge in [-0.25, -0.2) is 0 Å². The highest BCUT2D eigenvalue weighted by Gasteiger charge is 2.17. The number of ketones is 1. The van der Waals surface area contributed by atoms with Gasteiger partial charge >= 0.3 is 0 Å². The molecule has 0 fully saturated rings. The number of hydrogen-bond donors (Lipinski definition) is 0. The summed E-state index contributed by atoms with van der Waals surface area (Å²) in [5.74, 6) is 1.81. The topological polar surface area (TPSA) is 44.8 Å². The number of carbonyl (C=O) groups is 1. The Kier molecular flexibility index (Phi) is 4.33. The van der Waals surface area contributed by atoms with Crippen molar-refractivity contribution in [3.8, 4) is 17.2 Å². The van der Waals surface area contributed by atoms with Crippen LogP contribution >= 0.6 is 0 Å². The second-order valence-electron chi connectivity index (χ2n) is 5.31. The minimum atomic E-state index is -0.0427. The highest BCUT2D eigenvalue weighted by atomic mass is 16.6. The van der Waals surface area contributed by atoms with Crippen molar-refractivity contribution in [2.24, 2.45) is 0 Å². The van der Waals surface area contributed by atoms with Gasteiger partial charge in [0.05, 0.1) is 7.11 Å². The van der Waals surface area contributed by atoms with Crippen LogP contribution in [0.15, 0.2) is 42.5 Å². The number of hydrogen-bond acceptors (Lipinski definition) is 4. The van der Waals surface area contributed by atoms with Gasteiger partial charge in [0.25, 0.3) is 0 Å². The number of methoxy groups -OCH3 is 1. The third kappa shape index (κ3) is 3.37. The van der Waals surface area contributed by atoms with E-state index in [1.54, 1.807) is 19.3 Å². The summed E-state index contributed by atoms with van der Waals surface area (Å²) >= 11 is 0. The first kappa shape index (κ1) is 15.2. The van der Waals surface area contributed by atoms with Gasteiger partial charge in [0.1, 0.15) is 13.2 Å². The highest BCUT2D eigenvalue weighted by Crippen LogP contribution is 2.40. The lowest BCUT2D eigenvalue weighted by atomic mass is 10.1. The molecule has 0 saturated heterocycles. The third-order valence-electron chi connectivity index (χ3n) is 3.61. The smallest absolute Gasteiger partial charge is 0.203 e. The summed E-state index contributed by atoms with van der Waals surface area (Å²) in [5, 5.41) is 0. The minimum absolute atomic E-state index is 0.0427. The molecule has 0 unspecified atom stereocenters. The fourth-order valence-electron chi connectivity index (χ4n) is 2.38. The third-order valence-corrected chi connectivity index (χ3v) is 3.61. The van der Waals surface area contributed by atoms with Crippen LogP contribution in [0.3, 0.4) is 0 Å². The van der Waals surface area contributed by atoms with E-state index in [1.807, 2.05) is 43.3 Å². The first-order chi connectivity index (χ1) is 11.2. The lowest BCUT2D eigenvalue weighted by Crippen LogP contribution is -2.16.